The second kappa shape index (κ2) is 16.4. The van der Waals surface area contributed by atoms with Crippen molar-refractivity contribution >= 4 is 11.7 Å². The number of anilines is 1. The Labute approximate surface area is 173 Å². The lowest BCUT2D eigenvalue weighted by Crippen LogP contribution is -2.25. The normalized spacial score (nSPS) is 10.8. The number of unbranched alkanes of at least 4 members (excludes halogenated alkanes) is 10. The summed E-state index contributed by atoms with van der Waals surface area (Å²) in [5.41, 5.74) is 1.87. The molecule has 0 saturated carbocycles. The lowest BCUT2D eigenvalue weighted by molar-refractivity contribution is 0.0526. The Hall–Kier alpha value is -1.51. The maximum absolute atomic E-state index is 11.9. The molecule has 0 atom stereocenters. The third kappa shape index (κ3) is 10.7. The Kier molecular flexibility index (Phi) is 14.4. The van der Waals surface area contributed by atoms with E-state index in [9.17, 15) is 4.79 Å². The van der Waals surface area contributed by atoms with Gasteiger partial charge in [-0.15, -0.1) is 0 Å². The first-order valence-electron chi connectivity index (χ1n) is 11.7. The molecule has 0 heterocycles. The van der Waals surface area contributed by atoms with Gasteiger partial charge in [0, 0.05) is 18.8 Å². The minimum absolute atomic E-state index is 0.229. The Balaban J connectivity index is 2.52. The van der Waals surface area contributed by atoms with E-state index >= 15 is 0 Å². The van der Waals surface area contributed by atoms with E-state index in [1.54, 1.807) is 0 Å². The minimum Gasteiger partial charge on any atom is -0.462 e. The second-order valence-electron chi connectivity index (χ2n) is 7.79. The van der Waals surface area contributed by atoms with Gasteiger partial charge in [0.1, 0.15) is 0 Å². The quantitative estimate of drug-likeness (QED) is 0.205. The molecule has 1 aromatic rings. The van der Waals surface area contributed by atoms with Gasteiger partial charge in [0.25, 0.3) is 0 Å². The highest BCUT2D eigenvalue weighted by molar-refractivity contribution is 5.89. The molecule has 0 N–H and O–H groups in total. The molecule has 0 bridgehead atoms. The summed E-state index contributed by atoms with van der Waals surface area (Å²) in [4.78, 5) is 14.4. The maximum Gasteiger partial charge on any atom is 0.338 e. The standard InChI is InChI=1S/C25H43NO2/c1-4-7-9-11-12-14-16-22-26(21-15-13-10-8-5-2)24-19-17-23(18-20-24)25(27)28-6-3/h17-20H,4-16,21-22H2,1-3H3. The maximum atomic E-state index is 11.9. The molecule has 0 aliphatic carbocycles. The number of hydrogen-bond donors (Lipinski definition) is 0. The van der Waals surface area contributed by atoms with Crippen molar-refractivity contribution in [2.75, 3.05) is 24.6 Å². The topological polar surface area (TPSA) is 29.5 Å². The average molecular weight is 390 g/mol. The van der Waals surface area contributed by atoms with Crippen molar-refractivity contribution in [2.24, 2.45) is 0 Å². The first-order chi connectivity index (χ1) is 13.7. The highest BCUT2D eigenvalue weighted by Crippen LogP contribution is 2.19. The van der Waals surface area contributed by atoms with E-state index in [1.807, 2.05) is 19.1 Å². The van der Waals surface area contributed by atoms with E-state index in [4.69, 9.17) is 4.74 Å². The van der Waals surface area contributed by atoms with Gasteiger partial charge in [-0.2, -0.15) is 0 Å². The molecule has 0 spiro atoms. The van der Waals surface area contributed by atoms with Gasteiger partial charge in [0.2, 0.25) is 0 Å². The molecular formula is C25H43NO2. The van der Waals surface area contributed by atoms with Crippen molar-refractivity contribution in [2.45, 2.75) is 97.8 Å². The molecule has 0 radical (unpaired) electrons. The number of esters is 1. The van der Waals surface area contributed by atoms with Crippen LogP contribution < -0.4 is 4.90 Å². The van der Waals surface area contributed by atoms with Crippen molar-refractivity contribution in [1.82, 2.24) is 0 Å². The summed E-state index contributed by atoms with van der Waals surface area (Å²) in [7, 11) is 0. The Morgan fingerprint density at radius 2 is 1.18 bits per heavy atom. The fourth-order valence-corrected chi connectivity index (χ4v) is 3.56. The molecule has 1 aromatic carbocycles. The van der Waals surface area contributed by atoms with E-state index in [1.165, 1.54) is 82.7 Å². The predicted molar refractivity (Wildman–Crippen MR) is 121 cm³/mol. The SMILES string of the molecule is CCCCCCCCCN(CCCCCCC)c1ccc(C(=O)OCC)cc1. The highest BCUT2D eigenvalue weighted by Gasteiger charge is 2.10. The fourth-order valence-electron chi connectivity index (χ4n) is 3.56. The number of benzene rings is 1. The number of nitrogens with zero attached hydrogens (tertiary/aromatic N) is 1. The summed E-state index contributed by atoms with van der Waals surface area (Å²) >= 11 is 0. The van der Waals surface area contributed by atoms with Gasteiger partial charge in [-0.1, -0.05) is 78.1 Å². The van der Waals surface area contributed by atoms with E-state index in [0.29, 0.717) is 12.2 Å². The molecular weight excluding hydrogens is 346 g/mol. The summed E-state index contributed by atoms with van der Waals surface area (Å²) in [6.07, 6.45) is 15.9. The van der Waals surface area contributed by atoms with Crippen LogP contribution in [0.2, 0.25) is 0 Å². The van der Waals surface area contributed by atoms with Gasteiger partial charge >= 0.3 is 5.97 Å². The Morgan fingerprint density at radius 1 is 0.714 bits per heavy atom. The Morgan fingerprint density at radius 3 is 1.64 bits per heavy atom. The fraction of sp³-hybridized carbons (Fsp3) is 0.720. The molecule has 0 amide bonds. The van der Waals surface area contributed by atoms with E-state index in [2.05, 4.69) is 30.9 Å². The van der Waals surface area contributed by atoms with Crippen molar-refractivity contribution in [3.63, 3.8) is 0 Å². The molecule has 160 valence electrons. The first kappa shape index (κ1) is 24.5. The van der Waals surface area contributed by atoms with Crippen LogP contribution in [0.1, 0.15) is 108 Å². The monoisotopic (exact) mass is 389 g/mol. The largest absolute Gasteiger partial charge is 0.462 e. The van der Waals surface area contributed by atoms with Crippen LogP contribution in [0.3, 0.4) is 0 Å². The molecule has 3 nitrogen and oxygen atoms in total. The van der Waals surface area contributed by atoms with Gasteiger partial charge < -0.3 is 9.64 Å². The number of hydrogen-bond acceptors (Lipinski definition) is 3. The summed E-state index contributed by atoms with van der Waals surface area (Å²) in [5, 5.41) is 0. The molecule has 0 fully saturated rings. The van der Waals surface area contributed by atoms with Crippen molar-refractivity contribution in [3.05, 3.63) is 29.8 Å². The van der Waals surface area contributed by atoms with Gasteiger partial charge in [-0.05, 0) is 44.0 Å². The molecule has 0 saturated heterocycles. The van der Waals surface area contributed by atoms with Crippen LogP contribution in [0.5, 0.6) is 0 Å². The van der Waals surface area contributed by atoms with Crippen LogP contribution in [0.15, 0.2) is 24.3 Å². The smallest absolute Gasteiger partial charge is 0.338 e. The van der Waals surface area contributed by atoms with Gasteiger partial charge in [0.05, 0.1) is 12.2 Å². The average Bonchev–Trinajstić information content (AvgIpc) is 2.71. The zero-order valence-corrected chi connectivity index (χ0v) is 18.7. The number of ether oxygens (including phenoxy) is 1. The van der Waals surface area contributed by atoms with Crippen LogP contribution in [-0.4, -0.2) is 25.7 Å². The van der Waals surface area contributed by atoms with Crippen LogP contribution in [-0.2, 0) is 4.74 Å². The van der Waals surface area contributed by atoms with Gasteiger partial charge in [0.15, 0.2) is 0 Å². The summed E-state index contributed by atoms with van der Waals surface area (Å²) in [6.45, 7) is 9.01. The highest BCUT2D eigenvalue weighted by atomic mass is 16.5. The van der Waals surface area contributed by atoms with Crippen molar-refractivity contribution in [3.8, 4) is 0 Å². The zero-order chi connectivity index (χ0) is 20.5. The molecule has 0 aromatic heterocycles. The first-order valence-corrected chi connectivity index (χ1v) is 11.7. The van der Waals surface area contributed by atoms with Crippen LogP contribution in [0.4, 0.5) is 5.69 Å². The number of rotatable bonds is 17. The zero-order valence-electron chi connectivity index (χ0n) is 18.7. The van der Waals surface area contributed by atoms with Crippen molar-refractivity contribution < 1.29 is 9.53 Å². The van der Waals surface area contributed by atoms with Crippen molar-refractivity contribution in [1.29, 1.82) is 0 Å². The summed E-state index contributed by atoms with van der Waals surface area (Å²) in [6, 6.07) is 7.98. The molecule has 0 aliphatic rings. The minimum atomic E-state index is -0.229. The molecule has 3 heteroatoms. The third-order valence-corrected chi connectivity index (χ3v) is 5.31. The number of carbonyl (C=O) groups is 1. The van der Waals surface area contributed by atoms with E-state index in [-0.39, 0.29) is 5.97 Å². The lowest BCUT2D eigenvalue weighted by atomic mass is 10.1. The molecule has 1 rings (SSSR count). The molecule has 0 aliphatic heterocycles. The second-order valence-corrected chi connectivity index (χ2v) is 7.79. The third-order valence-electron chi connectivity index (χ3n) is 5.31. The summed E-state index contributed by atoms with van der Waals surface area (Å²) in [5.74, 6) is -0.229. The molecule has 28 heavy (non-hydrogen) atoms. The lowest BCUT2D eigenvalue weighted by Gasteiger charge is -2.25. The number of carbonyl (C=O) groups excluding carboxylic acids is 1. The van der Waals surface area contributed by atoms with Gasteiger partial charge in [-0.25, -0.2) is 4.79 Å². The van der Waals surface area contributed by atoms with Gasteiger partial charge in [-0.3, -0.25) is 0 Å². The summed E-state index contributed by atoms with van der Waals surface area (Å²) < 4.78 is 5.10. The Bertz CT molecular complexity index is 498. The van der Waals surface area contributed by atoms with Crippen LogP contribution in [0, 0.1) is 0 Å². The van der Waals surface area contributed by atoms with E-state index in [0.717, 1.165) is 13.1 Å². The predicted octanol–water partition coefficient (Wildman–Crippen LogP) is 7.39. The molecule has 0 unspecified atom stereocenters. The van der Waals surface area contributed by atoms with Crippen LogP contribution >= 0.6 is 0 Å². The van der Waals surface area contributed by atoms with Crippen LogP contribution in [0.25, 0.3) is 0 Å². The van der Waals surface area contributed by atoms with E-state index < -0.39 is 0 Å².